The van der Waals surface area contributed by atoms with Crippen LogP contribution in [0.15, 0.2) is 24.5 Å². The normalized spacial score (nSPS) is 26.2. The molecule has 3 heterocycles. The number of imidazole rings is 1. The Hall–Kier alpha value is -1.89. The Bertz CT molecular complexity index is 765. The van der Waals surface area contributed by atoms with Crippen LogP contribution in [0.5, 0.6) is 5.75 Å². The smallest absolute Gasteiger partial charge is 0.140 e. The fourth-order valence-electron chi connectivity index (χ4n) is 4.53. The number of ether oxygens (including phenoxy) is 1. The Balaban J connectivity index is 1.59. The first kappa shape index (κ1) is 17.5. The zero-order chi connectivity index (χ0) is 18.3. The fraction of sp³-hybridized carbons (Fsp3) is 0.550. The molecule has 6 nitrogen and oxygen atoms in total. The molecule has 2 aromatic rings. The van der Waals surface area contributed by atoms with Gasteiger partial charge < -0.3 is 19.5 Å². The van der Waals surface area contributed by atoms with E-state index in [1.54, 1.807) is 12.1 Å². The molecule has 1 aromatic heterocycles. The number of rotatable bonds is 4. The highest BCUT2D eigenvalue weighted by atomic mass is 16.5. The van der Waals surface area contributed by atoms with Gasteiger partial charge in [0.05, 0.1) is 12.7 Å². The highest BCUT2D eigenvalue weighted by Crippen LogP contribution is 2.36. The van der Waals surface area contributed by atoms with E-state index >= 15 is 0 Å². The number of aryl methyl sites for hydroxylation is 2. The lowest BCUT2D eigenvalue weighted by atomic mass is 10.0. The molecule has 3 atom stereocenters. The van der Waals surface area contributed by atoms with Gasteiger partial charge in [-0.1, -0.05) is 0 Å². The van der Waals surface area contributed by atoms with Crippen LogP contribution >= 0.6 is 0 Å². The van der Waals surface area contributed by atoms with E-state index in [4.69, 9.17) is 9.84 Å². The number of aliphatic hydroxyl groups excluding tert-OH is 1. The minimum Gasteiger partial charge on any atom is -0.508 e. The predicted octanol–water partition coefficient (Wildman–Crippen LogP) is 2.27. The topological polar surface area (TPSA) is 70.8 Å². The third kappa shape index (κ3) is 3.13. The molecule has 0 aliphatic carbocycles. The first-order chi connectivity index (χ1) is 12.6. The Labute approximate surface area is 154 Å². The predicted molar refractivity (Wildman–Crippen MR) is 99.3 cm³/mol. The number of aliphatic hydroxyl groups is 1. The zero-order valence-electron chi connectivity index (χ0n) is 15.4. The van der Waals surface area contributed by atoms with E-state index in [0.29, 0.717) is 24.3 Å². The maximum atomic E-state index is 9.84. The van der Waals surface area contributed by atoms with Crippen molar-refractivity contribution >= 4 is 0 Å². The number of aromatic hydroxyl groups is 1. The lowest BCUT2D eigenvalue weighted by molar-refractivity contribution is -0.0567. The molecule has 140 valence electrons. The molecule has 0 saturated carbocycles. The average Bonchev–Trinajstić information content (AvgIpc) is 3.20. The standard InChI is InChI=1S/C20H27N3O3/c1-13-7-17(25)8-14(2)19(13)20-21-4-5-23(20)15-9-16-12-26-18(3-6-24)11-22(16)10-15/h4-5,7-8,15-16,18,24-25H,3,6,9-12H2,1-2H3/t15-,16+,18+/m1/s1. The van der Waals surface area contributed by atoms with E-state index in [2.05, 4.69) is 20.6 Å². The van der Waals surface area contributed by atoms with Gasteiger partial charge in [0, 0.05) is 49.7 Å². The number of fused-ring (bicyclic) bond motifs is 1. The van der Waals surface area contributed by atoms with Gasteiger partial charge in [-0.25, -0.2) is 4.98 Å². The SMILES string of the molecule is Cc1cc(O)cc(C)c1-c1nccn1[C@@H]1C[C@H]2CO[C@@H](CCO)CN2C1. The molecule has 2 N–H and O–H groups in total. The van der Waals surface area contributed by atoms with Crippen molar-refractivity contribution in [1.82, 2.24) is 14.5 Å². The summed E-state index contributed by atoms with van der Waals surface area (Å²) in [6.07, 6.45) is 5.82. The summed E-state index contributed by atoms with van der Waals surface area (Å²) in [4.78, 5) is 7.14. The van der Waals surface area contributed by atoms with Crippen molar-refractivity contribution in [3.8, 4) is 17.1 Å². The number of benzene rings is 1. The van der Waals surface area contributed by atoms with Crippen molar-refractivity contribution in [3.63, 3.8) is 0 Å². The molecule has 4 rings (SSSR count). The van der Waals surface area contributed by atoms with Crippen molar-refractivity contribution in [1.29, 1.82) is 0 Å². The lowest BCUT2D eigenvalue weighted by Gasteiger charge is -2.34. The maximum absolute atomic E-state index is 9.84. The van der Waals surface area contributed by atoms with Crippen molar-refractivity contribution in [2.75, 3.05) is 26.3 Å². The van der Waals surface area contributed by atoms with Crippen LogP contribution in [0.1, 0.15) is 30.0 Å². The number of nitrogens with zero attached hydrogens (tertiary/aromatic N) is 3. The van der Waals surface area contributed by atoms with Crippen LogP contribution in [0.25, 0.3) is 11.4 Å². The van der Waals surface area contributed by atoms with Gasteiger partial charge in [-0.15, -0.1) is 0 Å². The van der Waals surface area contributed by atoms with Gasteiger partial charge in [-0.2, -0.15) is 0 Å². The number of phenolic OH excluding ortho intramolecular Hbond substituents is 1. The highest BCUT2D eigenvalue weighted by Gasteiger charge is 2.38. The minimum absolute atomic E-state index is 0.138. The van der Waals surface area contributed by atoms with Gasteiger partial charge in [0.1, 0.15) is 11.6 Å². The monoisotopic (exact) mass is 357 g/mol. The molecule has 6 heteroatoms. The van der Waals surface area contributed by atoms with Crippen LogP contribution in [0.4, 0.5) is 0 Å². The molecule has 2 aliphatic rings. The summed E-state index contributed by atoms with van der Waals surface area (Å²) in [5, 5.41) is 19.0. The summed E-state index contributed by atoms with van der Waals surface area (Å²) >= 11 is 0. The summed E-state index contributed by atoms with van der Waals surface area (Å²) in [6.45, 7) is 6.83. The van der Waals surface area contributed by atoms with E-state index in [-0.39, 0.29) is 12.7 Å². The van der Waals surface area contributed by atoms with Gasteiger partial charge in [-0.05, 0) is 49.9 Å². The van der Waals surface area contributed by atoms with Crippen molar-refractivity contribution < 1.29 is 14.9 Å². The fourth-order valence-corrected chi connectivity index (χ4v) is 4.53. The molecule has 0 bridgehead atoms. The Morgan fingerprint density at radius 3 is 2.69 bits per heavy atom. The Kier molecular flexibility index (Phi) is 4.73. The molecule has 2 fully saturated rings. The molecular weight excluding hydrogens is 330 g/mol. The number of aromatic nitrogens is 2. The summed E-state index contributed by atoms with van der Waals surface area (Å²) < 4.78 is 8.19. The van der Waals surface area contributed by atoms with Gasteiger partial charge in [0.25, 0.3) is 0 Å². The van der Waals surface area contributed by atoms with Gasteiger partial charge in [-0.3, -0.25) is 4.90 Å². The number of morpholine rings is 1. The third-order valence-corrected chi connectivity index (χ3v) is 5.72. The van der Waals surface area contributed by atoms with E-state index in [0.717, 1.165) is 48.6 Å². The second-order valence-corrected chi connectivity index (χ2v) is 7.58. The van der Waals surface area contributed by atoms with Crippen LogP contribution in [-0.2, 0) is 4.74 Å². The van der Waals surface area contributed by atoms with Gasteiger partial charge in [0.2, 0.25) is 0 Å². The van der Waals surface area contributed by atoms with Crippen molar-refractivity contribution in [3.05, 3.63) is 35.7 Å². The average molecular weight is 357 g/mol. The van der Waals surface area contributed by atoms with Gasteiger partial charge in [0.15, 0.2) is 0 Å². The summed E-state index contributed by atoms with van der Waals surface area (Å²) in [7, 11) is 0. The third-order valence-electron chi connectivity index (χ3n) is 5.72. The van der Waals surface area contributed by atoms with Crippen LogP contribution < -0.4 is 0 Å². The first-order valence-electron chi connectivity index (χ1n) is 9.36. The molecular formula is C20H27N3O3. The number of phenols is 1. The lowest BCUT2D eigenvalue weighted by Crippen LogP contribution is -2.46. The highest BCUT2D eigenvalue weighted by molar-refractivity contribution is 5.66. The Morgan fingerprint density at radius 1 is 1.19 bits per heavy atom. The van der Waals surface area contributed by atoms with Crippen LogP contribution in [0.3, 0.4) is 0 Å². The molecule has 0 unspecified atom stereocenters. The van der Waals surface area contributed by atoms with Crippen LogP contribution in [0.2, 0.25) is 0 Å². The summed E-state index contributed by atoms with van der Waals surface area (Å²) in [5.74, 6) is 1.27. The van der Waals surface area contributed by atoms with Crippen LogP contribution in [0, 0.1) is 13.8 Å². The first-order valence-corrected chi connectivity index (χ1v) is 9.36. The second kappa shape index (κ2) is 7.02. The summed E-state index contributed by atoms with van der Waals surface area (Å²) in [5.41, 5.74) is 3.18. The number of hydrogen-bond acceptors (Lipinski definition) is 5. The van der Waals surface area contributed by atoms with Crippen LogP contribution in [-0.4, -0.2) is 63.1 Å². The molecule has 2 saturated heterocycles. The van der Waals surface area contributed by atoms with E-state index < -0.39 is 0 Å². The van der Waals surface area contributed by atoms with Crippen molar-refractivity contribution in [2.24, 2.45) is 0 Å². The maximum Gasteiger partial charge on any atom is 0.140 e. The van der Waals surface area contributed by atoms with Gasteiger partial charge >= 0.3 is 0 Å². The largest absolute Gasteiger partial charge is 0.508 e. The second-order valence-electron chi connectivity index (χ2n) is 7.58. The molecule has 0 spiro atoms. The summed E-state index contributed by atoms with van der Waals surface area (Å²) in [6, 6.07) is 4.40. The molecule has 0 amide bonds. The quantitative estimate of drug-likeness (QED) is 0.878. The minimum atomic E-state index is 0.138. The Morgan fingerprint density at radius 2 is 1.96 bits per heavy atom. The zero-order valence-corrected chi connectivity index (χ0v) is 15.4. The van der Waals surface area contributed by atoms with E-state index in [1.807, 2.05) is 20.0 Å². The molecule has 26 heavy (non-hydrogen) atoms. The molecule has 2 aliphatic heterocycles. The van der Waals surface area contributed by atoms with E-state index in [9.17, 15) is 5.11 Å². The van der Waals surface area contributed by atoms with E-state index in [1.165, 1.54) is 0 Å². The number of hydrogen-bond donors (Lipinski definition) is 2. The van der Waals surface area contributed by atoms with Crippen molar-refractivity contribution in [2.45, 2.75) is 44.9 Å². The molecule has 0 radical (unpaired) electrons. The molecule has 1 aromatic carbocycles.